The van der Waals surface area contributed by atoms with Crippen molar-refractivity contribution in [1.82, 2.24) is 0 Å². The van der Waals surface area contributed by atoms with Crippen molar-refractivity contribution >= 4 is 0 Å². The maximum Gasteiger partial charge on any atom is 0.133 e. The molecule has 0 aromatic heterocycles. The van der Waals surface area contributed by atoms with E-state index in [9.17, 15) is 14.6 Å². The second-order valence-corrected chi connectivity index (χ2v) is 6.88. The van der Waals surface area contributed by atoms with Gasteiger partial charge in [0.25, 0.3) is 0 Å². The first-order valence-electron chi connectivity index (χ1n) is 7.59. The van der Waals surface area contributed by atoms with E-state index >= 15 is 0 Å². The van der Waals surface area contributed by atoms with Gasteiger partial charge in [0, 0.05) is 5.56 Å². The number of rotatable bonds is 1. The highest BCUT2D eigenvalue weighted by Gasteiger charge is 2.49. The fourth-order valence-electron chi connectivity index (χ4n) is 4.29. The molecule has 20 heavy (non-hydrogen) atoms. The zero-order valence-corrected chi connectivity index (χ0v) is 12.2. The van der Waals surface area contributed by atoms with Crippen LogP contribution in [-0.2, 0) is 0 Å². The third kappa shape index (κ3) is 1.95. The van der Waals surface area contributed by atoms with Gasteiger partial charge in [-0.25, -0.2) is 4.39 Å². The van der Waals surface area contributed by atoms with Crippen LogP contribution in [0, 0.1) is 24.1 Å². The SMILES string of the molecule is Cc1c(O)ccc([C@H]2CC[C@@]3(C)[C@H](CC[C@@H]3O)C2)c1F. The van der Waals surface area contributed by atoms with Crippen LogP contribution in [0.4, 0.5) is 4.39 Å². The predicted octanol–water partition coefficient (Wildman–Crippen LogP) is 3.88. The number of aromatic hydroxyl groups is 1. The van der Waals surface area contributed by atoms with Gasteiger partial charge in [0.15, 0.2) is 0 Å². The minimum Gasteiger partial charge on any atom is -0.508 e. The molecule has 2 N–H and O–H groups in total. The summed E-state index contributed by atoms with van der Waals surface area (Å²) in [4.78, 5) is 0. The molecule has 0 saturated heterocycles. The van der Waals surface area contributed by atoms with E-state index in [4.69, 9.17) is 0 Å². The standard InChI is InChI=1S/C17H23FO2/c1-10-14(19)5-4-13(16(10)18)11-7-8-17(2)12(9-11)3-6-15(17)20/h4-5,11-12,15,19-20H,3,6-9H2,1-2H3/t11-,12+,15-,17-/m0/s1. The molecule has 0 aliphatic heterocycles. The Hall–Kier alpha value is -1.09. The van der Waals surface area contributed by atoms with Crippen LogP contribution in [0.25, 0.3) is 0 Å². The number of phenolic OH excluding ortho intramolecular Hbond substituents is 1. The summed E-state index contributed by atoms with van der Waals surface area (Å²) in [6, 6.07) is 3.33. The summed E-state index contributed by atoms with van der Waals surface area (Å²) in [6.07, 6.45) is 4.57. The zero-order valence-electron chi connectivity index (χ0n) is 12.2. The second-order valence-electron chi connectivity index (χ2n) is 6.88. The molecule has 1 aromatic rings. The Labute approximate surface area is 119 Å². The Balaban J connectivity index is 1.86. The topological polar surface area (TPSA) is 40.5 Å². The van der Waals surface area contributed by atoms with Gasteiger partial charge < -0.3 is 10.2 Å². The third-order valence-corrected chi connectivity index (χ3v) is 5.91. The van der Waals surface area contributed by atoms with Gasteiger partial charge in [0.05, 0.1) is 6.10 Å². The molecule has 0 unspecified atom stereocenters. The molecule has 2 saturated carbocycles. The van der Waals surface area contributed by atoms with Crippen molar-refractivity contribution in [3.05, 3.63) is 29.1 Å². The van der Waals surface area contributed by atoms with Crippen molar-refractivity contribution in [2.24, 2.45) is 11.3 Å². The number of phenols is 1. The van der Waals surface area contributed by atoms with E-state index in [1.807, 2.05) is 0 Å². The van der Waals surface area contributed by atoms with Crippen LogP contribution in [0.3, 0.4) is 0 Å². The van der Waals surface area contributed by atoms with Gasteiger partial charge in [0.1, 0.15) is 11.6 Å². The molecule has 3 heteroatoms. The Morgan fingerprint density at radius 1 is 1.25 bits per heavy atom. The molecule has 110 valence electrons. The van der Waals surface area contributed by atoms with Gasteiger partial charge in [0.2, 0.25) is 0 Å². The normalized spacial score (nSPS) is 36.9. The lowest BCUT2D eigenvalue weighted by atomic mass is 9.64. The largest absolute Gasteiger partial charge is 0.508 e. The van der Waals surface area contributed by atoms with Crippen molar-refractivity contribution in [3.63, 3.8) is 0 Å². The number of hydrogen-bond acceptors (Lipinski definition) is 2. The molecular weight excluding hydrogens is 255 g/mol. The zero-order chi connectivity index (χ0) is 14.5. The molecule has 4 atom stereocenters. The van der Waals surface area contributed by atoms with Crippen molar-refractivity contribution in [3.8, 4) is 5.75 Å². The summed E-state index contributed by atoms with van der Waals surface area (Å²) in [7, 11) is 0. The number of aliphatic hydroxyl groups excluding tert-OH is 1. The minimum atomic E-state index is -0.253. The van der Waals surface area contributed by atoms with Gasteiger partial charge in [-0.15, -0.1) is 0 Å². The lowest BCUT2D eigenvalue weighted by Crippen LogP contribution is -2.37. The van der Waals surface area contributed by atoms with E-state index in [0.29, 0.717) is 11.5 Å². The van der Waals surface area contributed by atoms with E-state index in [2.05, 4.69) is 6.92 Å². The van der Waals surface area contributed by atoms with Gasteiger partial charge in [-0.2, -0.15) is 0 Å². The van der Waals surface area contributed by atoms with Crippen LogP contribution >= 0.6 is 0 Å². The summed E-state index contributed by atoms with van der Waals surface area (Å²) in [5, 5.41) is 19.7. The molecular formula is C17H23FO2. The maximum atomic E-state index is 14.4. The molecule has 2 aliphatic carbocycles. The Morgan fingerprint density at radius 3 is 2.75 bits per heavy atom. The van der Waals surface area contributed by atoms with Crippen molar-refractivity contribution in [2.75, 3.05) is 0 Å². The van der Waals surface area contributed by atoms with Crippen molar-refractivity contribution < 1.29 is 14.6 Å². The minimum absolute atomic E-state index is 0.0267. The molecule has 0 spiro atoms. The molecule has 2 nitrogen and oxygen atoms in total. The molecule has 3 rings (SSSR count). The molecule has 2 aliphatic rings. The first-order valence-corrected chi connectivity index (χ1v) is 7.59. The Bertz CT molecular complexity index is 528. The van der Waals surface area contributed by atoms with E-state index < -0.39 is 0 Å². The van der Waals surface area contributed by atoms with Gasteiger partial charge in [-0.3, -0.25) is 0 Å². The first-order chi connectivity index (χ1) is 9.43. The van der Waals surface area contributed by atoms with Crippen LogP contribution in [-0.4, -0.2) is 16.3 Å². The summed E-state index contributed by atoms with van der Waals surface area (Å²) < 4.78 is 14.4. The van der Waals surface area contributed by atoms with E-state index in [0.717, 1.165) is 37.7 Å². The van der Waals surface area contributed by atoms with Crippen LogP contribution in [0.5, 0.6) is 5.75 Å². The lowest BCUT2D eigenvalue weighted by molar-refractivity contribution is 0.00844. The Morgan fingerprint density at radius 2 is 2.00 bits per heavy atom. The monoisotopic (exact) mass is 278 g/mol. The molecule has 0 heterocycles. The number of halogens is 1. The van der Waals surface area contributed by atoms with Crippen molar-refractivity contribution in [2.45, 2.75) is 58.0 Å². The van der Waals surface area contributed by atoms with Crippen LogP contribution < -0.4 is 0 Å². The molecule has 0 bridgehead atoms. The summed E-state index contributed by atoms with van der Waals surface area (Å²) in [5.74, 6) is 0.489. The maximum absolute atomic E-state index is 14.4. The summed E-state index contributed by atoms with van der Waals surface area (Å²) in [6.45, 7) is 3.81. The smallest absolute Gasteiger partial charge is 0.133 e. The van der Waals surface area contributed by atoms with Gasteiger partial charge >= 0.3 is 0 Å². The Kier molecular flexibility index (Phi) is 3.28. The highest BCUT2D eigenvalue weighted by molar-refractivity contribution is 5.38. The number of hydrogen-bond donors (Lipinski definition) is 2. The summed E-state index contributed by atoms with van der Waals surface area (Å²) in [5.41, 5.74) is 1.12. The summed E-state index contributed by atoms with van der Waals surface area (Å²) >= 11 is 0. The third-order valence-electron chi connectivity index (χ3n) is 5.91. The molecule has 0 amide bonds. The van der Waals surface area contributed by atoms with Crippen molar-refractivity contribution in [1.29, 1.82) is 0 Å². The van der Waals surface area contributed by atoms with Gasteiger partial charge in [-0.1, -0.05) is 13.0 Å². The van der Waals surface area contributed by atoms with Crippen LogP contribution in [0.1, 0.15) is 56.1 Å². The lowest BCUT2D eigenvalue weighted by Gasteiger charge is -2.42. The molecule has 0 radical (unpaired) electrons. The highest BCUT2D eigenvalue weighted by Crippen LogP contribution is 2.55. The fourth-order valence-corrected chi connectivity index (χ4v) is 4.29. The number of benzene rings is 1. The second kappa shape index (κ2) is 4.73. The van der Waals surface area contributed by atoms with E-state index in [1.54, 1.807) is 19.1 Å². The average molecular weight is 278 g/mol. The van der Waals surface area contributed by atoms with Crippen LogP contribution in [0.15, 0.2) is 12.1 Å². The fraction of sp³-hybridized carbons (Fsp3) is 0.647. The molecule has 2 fully saturated rings. The van der Waals surface area contributed by atoms with E-state index in [1.165, 1.54) is 0 Å². The number of fused-ring (bicyclic) bond motifs is 1. The first kappa shape index (κ1) is 13.9. The number of aliphatic hydroxyl groups is 1. The molecule has 1 aromatic carbocycles. The predicted molar refractivity (Wildman–Crippen MR) is 76.2 cm³/mol. The van der Waals surface area contributed by atoms with E-state index in [-0.39, 0.29) is 29.0 Å². The quantitative estimate of drug-likeness (QED) is 0.818. The van der Waals surface area contributed by atoms with Gasteiger partial charge in [-0.05, 0) is 67.9 Å². The highest BCUT2D eigenvalue weighted by atomic mass is 19.1. The van der Waals surface area contributed by atoms with Crippen LogP contribution in [0.2, 0.25) is 0 Å². The average Bonchev–Trinajstić information content (AvgIpc) is 2.72.